The fourth-order valence-corrected chi connectivity index (χ4v) is 9.44. The third-order valence-corrected chi connectivity index (χ3v) is 12.7. The molecule has 0 saturated carbocycles. The minimum absolute atomic E-state index is 0.00457. The van der Waals surface area contributed by atoms with E-state index in [2.05, 4.69) is 35.0 Å². The van der Waals surface area contributed by atoms with Gasteiger partial charge in [0.2, 0.25) is 0 Å². The molecule has 2 aromatic rings. The molecule has 2 aromatic carbocycles. The Balaban J connectivity index is 1.55. The van der Waals surface area contributed by atoms with E-state index in [4.69, 9.17) is 30.4 Å². The van der Waals surface area contributed by atoms with Crippen LogP contribution < -0.4 is 20.8 Å². The number of ketones is 1. The van der Waals surface area contributed by atoms with Crippen LogP contribution in [0.5, 0.6) is 17.2 Å². The predicted octanol–water partition coefficient (Wildman–Crippen LogP) is 5.57. The fourth-order valence-electron chi connectivity index (χ4n) is 9.44. The molecule has 62 heavy (non-hydrogen) atoms. The number of carbonyl (C=O) groups excluding carboxylic acids is 2. The highest BCUT2D eigenvalue weighted by Gasteiger charge is 2.53. The number of amides is 1. The molecule has 1 saturated heterocycles. The fraction of sp³-hybridized carbons (Fsp3) is 0.583. The van der Waals surface area contributed by atoms with Crippen molar-refractivity contribution < 1.29 is 49.0 Å². The van der Waals surface area contributed by atoms with E-state index in [1.807, 2.05) is 33.8 Å². The van der Waals surface area contributed by atoms with Crippen LogP contribution >= 0.6 is 0 Å². The van der Waals surface area contributed by atoms with Gasteiger partial charge in [0, 0.05) is 67.9 Å². The summed E-state index contributed by atoms with van der Waals surface area (Å²) in [5.41, 5.74) is -0.229. The van der Waals surface area contributed by atoms with Crippen molar-refractivity contribution in [3.8, 4) is 29.6 Å². The first-order chi connectivity index (χ1) is 29.1. The topological polar surface area (TPSA) is 192 Å². The summed E-state index contributed by atoms with van der Waals surface area (Å²) in [6.07, 6.45) is 13.6. The van der Waals surface area contributed by atoms with Crippen LogP contribution in [0.15, 0.2) is 46.1 Å². The highest BCUT2D eigenvalue weighted by atomic mass is 16.7. The summed E-state index contributed by atoms with van der Waals surface area (Å²) in [7, 11) is 1.48. The number of anilines is 1. The lowest BCUT2D eigenvalue weighted by atomic mass is 9.79. The molecule has 336 valence electrons. The lowest BCUT2D eigenvalue weighted by molar-refractivity contribution is -0.236. The van der Waals surface area contributed by atoms with Gasteiger partial charge in [-0.25, -0.2) is 4.99 Å². The first-order valence-electron chi connectivity index (χ1n) is 21.7. The second-order valence-electron chi connectivity index (χ2n) is 18.7. The first-order valence-corrected chi connectivity index (χ1v) is 21.7. The normalized spacial score (nSPS) is 31.4. The zero-order valence-electron chi connectivity index (χ0n) is 37.9. The van der Waals surface area contributed by atoms with E-state index in [0.717, 1.165) is 19.6 Å². The van der Waals surface area contributed by atoms with Gasteiger partial charge in [-0.3, -0.25) is 14.6 Å². The van der Waals surface area contributed by atoms with Crippen LogP contribution in [0.1, 0.15) is 97.5 Å². The van der Waals surface area contributed by atoms with Gasteiger partial charge in [0.1, 0.15) is 27.9 Å². The number of nitrogens with zero attached hydrogens (tertiary/aromatic N) is 3. The van der Waals surface area contributed by atoms with Gasteiger partial charge in [0.05, 0.1) is 41.2 Å². The van der Waals surface area contributed by atoms with Crippen molar-refractivity contribution >= 4 is 28.2 Å². The Morgan fingerprint density at radius 1 is 1.05 bits per heavy atom. The van der Waals surface area contributed by atoms with Crippen molar-refractivity contribution in [3.63, 3.8) is 0 Å². The van der Waals surface area contributed by atoms with Crippen LogP contribution in [0.3, 0.4) is 0 Å². The van der Waals surface area contributed by atoms with Gasteiger partial charge < -0.3 is 49.6 Å². The molecular weight excluding hydrogens is 793 g/mol. The van der Waals surface area contributed by atoms with E-state index < -0.39 is 70.6 Å². The number of allylic oxidation sites excluding steroid dienone is 3. The number of aliphatic hydroxyl groups is 2. The van der Waals surface area contributed by atoms with E-state index in [9.17, 15) is 30.0 Å². The quantitative estimate of drug-likeness (QED) is 0.143. The number of hydrogen-bond acceptors (Lipinski definition) is 13. The maximum Gasteiger partial charge on any atom is 0.383 e. The molecule has 6 rings (SSSR count). The first kappa shape index (κ1) is 46.7. The van der Waals surface area contributed by atoms with E-state index >= 15 is 0 Å². The summed E-state index contributed by atoms with van der Waals surface area (Å²) in [4.78, 5) is 40.7. The maximum atomic E-state index is 14.8. The van der Waals surface area contributed by atoms with Gasteiger partial charge in [-0.1, -0.05) is 59.8 Å². The Hall–Kier alpha value is -4.78. The van der Waals surface area contributed by atoms with E-state index in [0.29, 0.717) is 30.9 Å². The largest absolute Gasteiger partial charge is 0.507 e. The van der Waals surface area contributed by atoms with Crippen LogP contribution in [0.25, 0.3) is 10.8 Å². The number of nitrogens with one attached hydrogen (secondary N) is 1. The van der Waals surface area contributed by atoms with E-state index in [1.165, 1.54) is 26.4 Å². The molecule has 0 aliphatic carbocycles. The number of aromatic hydroxyl groups is 2. The molecule has 1 amide bonds. The van der Waals surface area contributed by atoms with Crippen molar-refractivity contribution in [1.29, 1.82) is 0 Å². The molecule has 0 aromatic heterocycles. The number of phenolic OH excluding ortho intramolecular Hbond substituents is 2. The molecule has 1 spiro atoms. The van der Waals surface area contributed by atoms with Crippen molar-refractivity contribution in [2.45, 2.75) is 124 Å². The number of aliphatic hydroxyl groups excluding tert-OH is 1. The van der Waals surface area contributed by atoms with Crippen LogP contribution in [0, 0.1) is 48.9 Å². The number of methoxy groups -OCH3 is 1. The Bertz CT molecular complexity index is 2350. The number of likely N-dealkylation sites (tertiary alicyclic amines) is 1. The average Bonchev–Trinajstić information content (AvgIpc) is 3.72. The average molecular weight is 857 g/mol. The van der Waals surface area contributed by atoms with E-state index in [1.54, 1.807) is 32.9 Å². The van der Waals surface area contributed by atoms with Crippen molar-refractivity contribution in [3.05, 3.63) is 58.0 Å². The van der Waals surface area contributed by atoms with Crippen molar-refractivity contribution in [2.24, 2.45) is 39.6 Å². The zero-order valence-corrected chi connectivity index (χ0v) is 37.9. The van der Waals surface area contributed by atoms with Gasteiger partial charge in [-0.05, 0) is 63.9 Å². The smallest absolute Gasteiger partial charge is 0.383 e. The summed E-state index contributed by atoms with van der Waals surface area (Å²) in [5, 5.41) is 50.1. The number of benzene rings is 2. The second-order valence-corrected chi connectivity index (χ2v) is 18.7. The van der Waals surface area contributed by atoms with Crippen LogP contribution in [0.4, 0.5) is 5.69 Å². The monoisotopic (exact) mass is 856 g/mol. The minimum atomic E-state index is -2.34. The third kappa shape index (κ3) is 8.88. The van der Waals surface area contributed by atoms with Gasteiger partial charge in [0.15, 0.2) is 11.5 Å². The van der Waals surface area contributed by atoms with Crippen molar-refractivity contribution in [2.75, 3.05) is 32.1 Å². The molecule has 14 heteroatoms. The molecule has 0 radical (unpaired) electrons. The maximum absolute atomic E-state index is 14.8. The summed E-state index contributed by atoms with van der Waals surface area (Å²) < 4.78 is 24.3. The Morgan fingerprint density at radius 3 is 2.34 bits per heavy atom. The Kier molecular flexibility index (Phi) is 13.4. The highest BCUT2D eigenvalue weighted by molar-refractivity contribution is 6.22. The highest BCUT2D eigenvalue weighted by Crippen LogP contribution is 2.51. The van der Waals surface area contributed by atoms with Crippen molar-refractivity contribution in [1.82, 2.24) is 4.90 Å². The number of piperidine rings is 1. The lowest BCUT2D eigenvalue weighted by Crippen LogP contribution is -2.47. The Labute approximate surface area is 364 Å². The predicted molar refractivity (Wildman–Crippen MR) is 235 cm³/mol. The molecule has 4 aliphatic heterocycles. The molecule has 1 fully saturated rings. The standard InChI is InChI=1S/C48H64N4O10/c1-13-48-44(56)35-33-34(40(54)31(9)43(35)62-48)41(55)38(37-36(33)50-47(51-37)18-20-52(21-19-47)24-25(2)3)49-45(57)27(5)16-14-15-26(4)23-28(6)42(61-46(10,11)58)30(8)39(53)29(7)32(59-12)17-22-60-48/h1,14-17,22,25-26,28-30,32,39,42,50,53-55,58H,18-21,23-24H2,2-12H3/b15-14+,22-17+,27-16-,49-38?/t26-,28+,29+,30-,32-,39+,42+,48-/m0/s1. The van der Waals surface area contributed by atoms with E-state index in [-0.39, 0.29) is 55.8 Å². The van der Waals surface area contributed by atoms with Gasteiger partial charge in [0.25, 0.3) is 11.7 Å². The molecule has 5 N–H and O–H groups in total. The molecule has 4 aliphatic rings. The minimum Gasteiger partial charge on any atom is -0.507 e. The SMILES string of the molecule is C#C[C@@]12O/C=C/[C@H](OC)[C@@H](C)[C@@H](O)[C@H](C)[C@H](OC(C)(C)O)[C@H](C)C[C@@H](C)/C=C/C=C(/C)C(=O)N=c3c(O)c4c(O)c(C)c(c(c4c4c3=NC3(CCN(CC(C)C)CC3)N4)C1=O)O2. The molecule has 4 heterocycles. The number of rotatable bonds is 5. The molecule has 4 bridgehead atoms. The molecule has 8 atom stereocenters. The number of phenols is 2. The number of Topliss-reactive ketones (excluding diaryl/α,β-unsaturated/α-hetero) is 1. The molecule has 14 nitrogen and oxygen atoms in total. The number of terminal acetylenes is 1. The van der Waals surface area contributed by atoms with Crippen LogP contribution in [0.2, 0.25) is 0 Å². The summed E-state index contributed by atoms with van der Waals surface area (Å²) in [5.74, 6) is -4.54. The number of ether oxygens (including phenoxy) is 4. The van der Waals surface area contributed by atoms with Gasteiger partial charge >= 0.3 is 5.79 Å². The van der Waals surface area contributed by atoms with Crippen LogP contribution in [-0.2, 0) is 19.0 Å². The summed E-state index contributed by atoms with van der Waals surface area (Å²) >= 11 is 0. The number of fused-ring (bicyclic) bond motifs is 1. The molecule has 0 unspecified atom stereocenters. The Morgan fingerprint density at radius 2 is 1.73 bits per heavy atom. The summed E-state index contributed by atoms with van der Waals surface area (Å²) in [6, 6.07) is 0. The summed E-state index contributed by atoms with van der Waals surface area (Å²) in [6.45, 7) is 20.6. The molecular formula is C48H64N4O10. The second kappa shape index (κ2) is 17.8. The third-order valence-electron chi connectivity index (χ3n) is 12.7. The zero-order chi connectivity index (χ0) is 45.6. The van der Waals surface area contributed by atoms with Gasteiger partial charge in [-0.15, -0.1) is 6.42 Å². The van der Waals surface area contributed by atoms with Crippen LogP contribution in [-0.4, -0.2) is 99.3 Å². The lowest BCUT2D eigenvalue weighted by Gasteiger charge is -2.39. The number of hydrogen-bond donors (Lipinski definition) is 5. The van der Waals surface area contributed by atoms with Gasteiger partial charge in [-0.2, -0.15) is 0 Å². The number of carbonyl (C=O) groups is 2.